The van der Waals surface area contributed by atoms with Gasteiger partial charge in [0, 0.05) is 50.7 Å². The molecule has 0 bridgehead atoms. The standard InChI is InChI=1S/C31H42F3N5O2/c1-20-6-5-11-37(14-20)15-21-12-26(31(32,33)34)27-18-38(30(41)39(27)16-21)25-10-4-9-23(13-25)28(22-7-3-8-22)29-35-24(19-40)17-36(29)2/h12,16-18,20,22-23,25,28,40H,3-11,13-15,19H2,1-2H3/t20-,23?,25?,28-/m0/s1. The Bertz CT molecular complexity index is 1440. The highest BCUT2D eigenvalue weighted by Crippen LogP contribution is 2.49. The Morgan fingerprint density at radius 1 is 1.05 bits per heavy atom. The molecule has 4 atom stereocenters. The van der Waals surface area contributed by atoms with E-state index in [0.29, 0.717) is 29.6 Å². The maximum absolute atomic E-state index is 14.3. The lowest BCUT2D eigenvalue weighted by Crippen LogP contribution is -2.35. The fraction of sp³-hybridized carbons (Fsp3) is 0.677. The Morgan fingerprint density at radius 2 is 1.80 bits per heavy atom. The molecule has 4 heterocycles. The highest BCUT2D eigenvalue weighted by molar-refractivity contribution is 5.56. The first-order chi connectivity index (χ1) is 19.6. The lowest BCUT2D eigenvalue weighted by Gasteiger charge is -2.41. The number of piperidine rings is 1. The number of hydrogen-bond acceptors (Lipinski definition) is 4. The van der Waals surface area contributed by atoms with Crippen LogP contribution in [-0.2, 0) is 26.4 Å². The third-order valence-electron chi connectivity index (χ3n) is 9.97. The average Bonchev–Trinajstić information content (AvgIpc) is 3.44. The van der Waals surface area contributed by atoms with Gasteiger partial charge >= 0.3 is 11.9 Å². The van der Waals surface area contributed by atoms with Crippen molar-refractivity contribution >= 4 is 5.52 Å². The maximum Gasteiger partial charge on any atom is 0.418 e. The van der Waals surface area contributed by atoms with Crippen molar-refractivity contribution in [2.45, 2.75) is 96.0 Å². The van der Waals surface area contributed by atoms with Crippen molar-refractivity contribution in [3.8, 4) is 0 Å². The summed E-state index contributed by atoms with van der Waals surface area (Å²) in [5.41, 5.74) is 0.000863. The minimum absolute atomic E-state index is 0.0624. The number of aliphatic hydroxyl groups excluding tert-OH is 1. The number of fused-ring (bicyclic) bond motifs is 1. The van der Waals surface area contributed by atoms with Crippen molar-refractivity contribution < 1.29 is 18.3 Å². The molecule has 3 aromatic rings. The molecule has 6 rings (SSSR count). The van der Waals surface area contributed by atoms with Crippen LogP contribution in [0.2, 0.25) is 0 Å². The van der Waals surface area contributed by atoms with Crippen LogP contribution in [0, 0.1) is 17.8 Å². The number of nitrogens with zero attached hydrogens (tertiary/aromatic N) is 5. The van der Waals surface area contributed by atoms with E-state index in [1.165, 1.54) is 23.1 Å². The van der Waals surface area contributed by atoms with E-state index >= 15 is 0 Å². The molecule has 0 aromatic carbocycles. The molecule has 0 spiro atoms. The van der Waals surface area contributed by atoms with Crippen LogP contribution >= 0.6 is 0 Å². The van der Waals surface area contributed by atoms with Crippen molar-refractivity contribution in [3.63, 3.8) is 0 Å². The Kier molecular flexibility index (Phi) is 7.82. The number of pyridine rings is 1. The minimum Gasteiger partial charge on any atom is -0.390 e. The molecule has 3 aromatic heterocycles. The molecule has 0 radical (unpaired) electrons. The zero-order valence-corrected chi connectivity index (χ0v) is 24.1. The summed E-state index contributed by atoms with van der Waals surface area (Å²) in [6, 6.07) is 1.09. The normalized spacial score (nSPS) is 25.5. The zero-order valence-electron chi connectivity index (χ0n) is 24.1. The Hall–Kier alpha value is -2.59. The smallest absolute Gasteiger partial charge is 0.390 e. The predicted octanol–water partition coefficient (Wildman–Crippen LogP) is 5.89. The maximum atomic E-state index is 14.3. The summed E-state index contributed by atoms with van der Waals surface area (Å²) in [6.45, 7) is 4.20. The van der Waals surface area contributed by atoms with Gasteiger partial charge in [-0.3, -0.25) is 13.9 Å². The highest BCUT2D eigenvalue weighted by Gasteiger charge is 2.40. The Morgan fingerprint density at radius 3 is 2.46 bits per heavy atom. The van der Waals surface area contributed by atoms with Gasteiger partial charge in [0.05, 0.1) is 23.4 Å². The number of hydrogen-bond donors (Lipinski definition) is 1. The van der Waals surface area contributed by atoms with Crippen molar-refractivity contribution in [2.24, 2.45) is 24.8 Å². The molecule has 3 fully saturated rings. The van der Waals surface area contributed by atoms with Gasteiger partial charge in [-0.2, -0.15) is 13.2 Å². The van der Waals surface area contributed by atoms with Crippen LogP contribution in [0.25, 0.3) is 5.52 Å². The second-order valence-electron chi connectivity index (χ2n) is 13.0. The van der Waals surface area contributed by atoms with E-state index in [0.717, 1.165) is 70.3 Å². The largest absolute Gasteiger partial charge is 0.418 e. The van der Waals surface area contributed by atoms with Gasteiger partial charge in [-0.25, -0.2) is 9.78 Å². The van der Waals surface area contributed by atoms with Crippen LogP contribution in [0.15, 0.2) is 29.5 Å². The van der Waals surface area contributed by atoms with Crippen LogP contribution < -0.4 is 5.69 Å². The van der Waals surface area contributed by atoms with E-state index in [2.05, 4.69) is 11.8 Å². The summed E-state index contributed by atoms with van der Waals surface area (Å²) in [5.74, 6) is 2.50. The average molecular weight is 574 g/mol. The second kappa shape index (κ2) is 11.2. The molecule has 0 amide bonds. The number of likely N-dealkylation sites (tertiary alicyclic amines) is 1. The summed E-state index contributed by atoms with van der Waals surface area (Å²) >= 11 is 0. The van der Waals surface area contributed by atoms with Crippen LogP contribution in [0.1, 0.15) is 99.3 Å². The quantitative estimate of drug-likeness (QED) is 0.383. The van der Waals surface area contributed by atoms with Gasteiger partial charge in [-0.15, -0.1) is 0 Å². The third kappa shape index (κ3) is 5.61. The molecule has 3 aliphatic rings. The second-order valence-corrected chi connectivity index (χ2v) is 13.0. The molecule has 1 aliphatic heterocycles. The molecule has 10 heteroatoms. The molecule has 1 N–H and O–H groups in total. The molecular formula is C31H42F3N5O2. The van der Waals surface area contributed by atoms with Crippen LogP contribution in [-0.4, -0.2) is 41.6 Å². The lowest BCUT2D eigenvalue weighted by molar-refractivity contribution is -0.136. The van der Waals surface area contributed by atoms with Gasteiger partial charge in [0.1, 0.15) is 5.82 Å². The highest BCUT2D eigenvalue weighted by atomic mass is 19.4. The first-order valence-electron chi connectivity index (χ1n) is 15.3. The monoisotopic (exact) mass is 573 g/mol. The van der Waals surface area contributed by atoms with Gasteiger partial charge in [0.15, 0.2) is 0 Å². The predicted molar refractivity (Wildman–Crippen MR) is 151 cm³/mol. The van der Waals surface area contributed by atoms with E-state index in [1.54, 1.807) is 10.8 Å². The number of aromatic nitrogens is 4. The molecular weight excluding hydrogens is 531 g/mol. The summed E-state index contributed by atoms with van der Waals surface area (Å²) in [6.07, 6.45) is 9.48. The van der Waals surface area contributed by atoms with Gasteiger partial charge < -0.3 is 9.67 Å². The van der Waals surface area contributed by atoms with Crippen molar-refractivity contribution in [3.05, 3.63) is 57.8 Å². The molecule has 224 valence electrons. The number of imidazole rings is 2. The summed E-state index contributed by atoms with van der Waals surface area (Å²) < 4.78 is 47.8. The van der Waals surface area contributed by atoms with Gasteiger partial charge in [0.2, 0.25) is 0 Å². The lowest BCUT2D eigenvalue weighted by atomic mass is 9.66. The number of aryl methyl sites for hydroxylation is 1. The van der Waals surface area contributed by atoms with E-state index in [-0.39, 0.29) is 35.7 Å². The fourth-order valence-corrected chi connectivity index (χ4v) is 7.84. The SMILES string of the molecule is C[C@H]1CCCN(Cc2cc(C(F)(F)F)c3cn(C4CCCC([C@@H](c5nc(CO)cn5C)C5CCC5)C4)c(=O)n3c2)C1. The molecule has 1 saturated heterocycles. The summed E-state index contributed by atoms with van der Waals surface area (Å²) in [5, 5.41) is 9.67. The molecule has 41 heavy (non-hydrogen) atoms. The topological polar surface area (TPSA) is 67.7 Å². The number of halogens is 3. The molecule has 2 saturated carbocycles. The van der Waals surface area contributed by atoms with E-state index in [1.807, 2.05) is 17.8 Å². The van der Waals surface area contributed by atoms with Crippen molar-refractivity contribution in [1.82, 2.24) is 23.4 Å². The van der Waals surface area contributed by atoms with Crippen LogP contribution in [0.4, 0.5) is 13.2 Å². The number of alkyl halides is 3. The Balaban J connectivity index is 1.33. The summed E-state index contributed by atoms with van der Waals surface area (Å²) in [7, 11) is 1.97. The third-order valence-corrected chi connectivity index (χ3v) is 9.97. The Labute approximate surface area is 239 Å². The van der Waals surface area contributed by atoms with Crippen LogP contribution in [0.3, 0.4) is 0 Å². The number of aliphatic hydroxyl groups is 1. The minimum atomic E-state index is -4.55. The van der Waals surface area contributed by atoms with Crippen molar-refractivity contribution in [2.75, 3.05) is 13.1 Å². The van der Waals surface area contributed by atoms with E-state index in [9.17, 15) is 23.1 Å². The van der Waals surface area contributed by atoms with Gasteiger partial charge in [0.25, 0.3) is 0 Å². The van der Waals surface area contributed by atoms with Gasteiger partial charge in [-0.05, 0) is 80.9 Å². The molecule has 7 nitrogen and oxygen atoms in total. The van der Waals surface area contributed by atoms with E-state index in [4.69, 9.17) is 4.98 Å². The fourth-order valence-electron chi connectivity index (χ4n) is 7.84. The molecule has 2 unspecified atom stereocenters. The van der Waals surface area contributed by atoms with E-state index < -0.39 is 11.7 Å². The first-order valence-corrected chi connectivity index (χ1v) is 15.3. The summed E-state index contributed by atoms with van der Waals surface area (Å²) in [4.78, 5) is 20.7. The zero-order chi connectivity index (χ0) is 28.9. The van der Waals surface area contributed by atoms with Gasteiger partial charge in [-0.1, -0.05) is 19.8 Å². The number of rotatable bonds is 7. The molecule has 2 aliphatic carbocycles. The van der Waals surface area contributed by atoms with Crippen molar-refractivity contribution in [1.29, 1.82) is 0 Å². The van der Waals surface area contributed by atoms with Crippen LogP contribution in [0.5, 0.6) is 0 Å². The first kappa shape index (κ1) is 28.5.